The number of aromatic nitrogens is 1. The van der Waals surface area contributed by atoms with Crippen LogP contribution in [0.4, 0.5) is 0 Å². The van der Waals surface area contributed by atoms with Gasteiger partial charge in [0, 0.05) is 35.6 Å². The molecule has 0 bridgehead atoms. The zero-order valence-electron chi connectivity index (χ0n) is 16.6. The molecule has 0 unspecified atom stereocenters. The van der Waals surface area contributed by atoms with Gasteiger partial charge in [-0.25, -0.2) is 0 Å². The van der Waals surface area contributed by atoms with Crippen LogP contribution in [-0.4, -0.2) is 6.26 Å². The molecule has 2 aromatic carbocycles. The average molecular weight is 614 g/mol. The van der Waals surface area contributed by atoms with E-state index in [2.05, 4.69) is 95.0 Å². The quantitative estimate of drug-likeness (QED) is 0.361. The molecule has 1 aromatic heterocycles. The summed E-state index contributed by atoms with van der Waals surface area (Å²) in [5, 5.41) is 2.72. The fraction of sp³-hybridized carbons (Fsp3) is 0.400. The molecule has 6 heteroatoms. The van der Waals surface area contributed by atoms with Crippen LogP contribution < -0.4 is 5.02 Å². The Labute approximate surface area is 218 Å². The molecule has 0 fully saturated rings. The van der Waals surface area contributed by atoms with Gasteiger partial charge in [0.25, 0.3) is 0 Å². The molecular formula is C20H25LaNO2SXe-2. The van der Waals surface area contributed by atoms with E-state index in [0.717, 1.165) is 6.26 Å². The van der Waals surface area contributed by atoms with Crippen LogP contribution in [0, 0.1) is 131 Å². The van der Waals surface area contributed by atoms with Gasteiger partial charge in [0.1, 0.15) is 0 Å². The third-order valence-electron chi connectivity index (χ3n) is 5.39. The van der Waals surface area contributed by atoms with Crippen molar-refractivity contribution in [1.82, 2.24) is 4.98 Å². The van der Waals surface area contributed by atoms with Gasteiger partial charge in [-0.05, 0) is 0 Å². The number of nitrogens with zero attached hydrogens (tertiary/aromatic N) is 1. The normalized spacial score (nSPS) is 10.9. The van der Waals surface area contributed by atoms with Crippen molar-refractivity contribution in [3.63, 3.8) is 0 Å². The maximum absolute atomic E-state index is 9.00. The first-order chi connectivity index (χ1) is 11.5. The molecule has 0 aliphatic rings. The SMILES string of the molecule is C[S-](=O)=O.Cc1c(C)c(C)c2c([n-]c3c(C)c(C)c(C)c([XeH])c32)c1C.[La]. The van der Waals surface area contributed by atoms with Crippen molar-refractivity contribution in [3.8, 4) is 0 Å². The molecule has 0 aliphatic heterocycles. The van der Waals surface area contributed by atoms with E-state index in [1.54, 1.807) is 0 Å². The Kier molecular flexibility index (Phi) is 9.26. The van der Waals surface area contributed by atoms with Crippen molar-refractivity contribution >= 4 is 32.5 Å². The summed E-state index contributed by atoms with van der Waals surface area (Å²) in [5.74, 6) is 0. The predicted octanol–water partition coefficient (Wildman–Crippen LogP) is 3.94. The maximum atomic E-state index is 9.00. The number of hydrogen-bond acceptors (Lipinski definition) is 3. The maximum Gasteiger partial charge on any atom is 0 e. The summed E-state index contributed by atoms with van der Waals surface area (Å²) in [6, 6.07) is 0. The fourth-order valence-corrected chi connectivity index (χ4v) is 4.25. The van der Waals surface area contributed by atoms with Gasteiger partial charge in [-0.1, -0.05) is 17.0 Å². The van der Waals surface area contributed by atoms with Crippen LogP contribution in [0.5, 0.6) is 0 Å². The van der Waals surface area contributed by atoms with Crippen molar-refractivity contribution in [2.75, 3.05) is 6.26 Å². The number of fused-ring (bicyclic) bond motifs is 3. The first-order valence-electron chi connectivity index (χ1n) is 8.13. The van der Waals surface area contributed by atoms with E-state index in [1.165, 1.54) is 60.8 Å². The second-order valence-electron chi connectivity index (χ2n) is 6.65. The summed E-state index contributed by atoms with van der Waals surface area (Å²) < 4.78 is 19.4. The number of aryl methyl sites for hydroxylation is 3. The summed E-state index contributed by atoms with van der Waals surface area (Å²) in [6.07, 6.45) is 1.08. The van der Waals surface area contributed by atoms with Crippen LogP contribution in [0.3, 0.4) is 0 Å². The molecule has 0 spiro atoms. The molecule has 3 nitrogen and oxygen atoms in total. The molecule has 0 amide bonds. The minimum absolute atomic E-state index is 0. The van der Waals surface area contributed by atoms with Gasteiger partial charge in [0.05, 0.1) is 0 Å². The molecule has 3 aromatic rings. The minimum Gasteiger partial charge on any atom is 0 e. The Morgan fingerprint density at radius 1 is 0.654 bits per heavy atom. The summed E-state index contributed by atoms with van der Waals surface area (Å²) in [6.45, 7) is 15.5. The van der Waals surface area contributed by atoms with Crippen molar-refractivity contribution in [2.24, 2.45) is 0 Å². The van der Waals surface area contributed by atoms with Crippen LogP contribution in [-0.2, 0) is 19.1 Å². The first-order valence-corrected chi connectivity index (χ1v) is 10.7. The Balaban J connectivity index is 0.000000616. The van der Waals surface area contributed by atoms with E-state index in [1.807, 2.05) is 0 Å². The second-order valence-corrected chi connectivity index (χ2v) is 8.53. The summed E-state index contributed by atoms with van der Waals surface area (Å²) in [5.41, 5.74) is 12.0. The summed E-state index contributed by atoms with van der Waals surface area (Å²) in [7, 11) is -1.86. The van der Waals surface area contributed by atoms with E-state index in [9.17, 15) is 0 Å². The van der Waals surface area contributed by atoms with Gasteiger partial charge < -0.3 is 8.42 Å². The van der Waals surface area contributed by atoms with Crippen molar-refractivity contribution in [1.29, 1.82) is 0 Å². The van der Waals surface area contributed by atoms with Crippen LogP contribution in [0.25, 0.3) is 21.8 Å². The van der Waals surface area contributed by atoms with Gasteiger partial charge in [0.2, 0.25) is 0 Å². The van der Waals surface area contributed by atoms with Crippen molar-refractivity contribution in [3.05, 3.63) is 38.9 Å². The Morgan fingerprint density at radius 2 is 1.00 bits per heavy atom. The van der Waals surface area contributed by atoms with Crippen LogP contribution in [0.1, 0.15) is 38.9 Å². The fourth-order valence-electron chi connectivity index (χ4n) is 3.32. The molecule has 0 atom stereocenters. The molecule has 0 aliphatic carbocycles. The van der Waals surface area contributed by atoms with E-state index >= 15 is 0 Å². The summed E-state index contributed by atoms with van der Waals surface area (Å²) in [4.78, 5) is 5.04. The molecule has 0 N–H and O–H groups in total. The molecule has 0 saturated carbocycles. The molecule has 141 valence electrons. The zero-order chi connectivity index (χ0) is 19.2. The van der Waals surface area contributed by atoms with Gasteiger partial charge in [0.15, 0.2) is 0 Å². The monoisotopic (exact) mass is 614 g/mol. The van der Waals surface area contributed by atoms with Crippen LogP contribution in [0.15, 0.2) is 0 Å². The van der Waals surface area contributed by atoms with Crippen LogP contribution >= 0.6 is 0 Å². The van der Waals surface area contributed by atoms with E-state index < -0.39 is 10.7 Å². The third kappa shape index (κ3) is 4.42. The van der Waals surface area contributed by atoms with E-state index in [0.29, 0.717) is 0 Å². The van der Waals surface area contributed by atoms with Crippen LogP contribution in [0.2, 0.25) is 0 Å². The predicted molar refractivity (Wildman–Crippen MR) is 104 cm³/mol. The van der Waals surface area contributed by atoms with Gasteiger partial charge in [-0.2, -0.15) is 0 Å². The molecular weight excluding hydrogens is 588 g/mol. The first kappa shape index (κ1) is 25.0. The second kappa shape index (κ2) is 9.64. The number of hydrogen-bond donors (Lipinski definition) is 0. The largest absolute Gasteiger partial charge is 0 e. The zero-order valence-corrected chi connectivity index (χ0v) is 23.2. The Morgan fingerprint density at radius 3 is 1.46 bits per heavy atom. The Bertz CT molecular complexity index is 999. The Hall–Kier alpha value is 0.956. The third-order valence-corrected chi connectivity index (χ3v) is 6.74. The topological polar surface area (TPSA) is 48.2 Å². The minimum atomic E-state index is -1.86. The molecule has 3 rings (SSSR count). The molecule has 1 radical (unpaired) electrons. The molecule has 0 saturated heterocycles. The van der Waals surface area contributed by atoms with Crippen molar-refractivity contribution < 1.29 is 90.6 Å². The average Bonchev–Trinajstić information content (AvgIpc) is 2.94. The standard InChI is InChI=1S/C19H22NXe.CH3O2S.La/c1-8-9(2)12(5)17-15(11(8)4)16-18(20-17)13(6)10(3)14(7)19(16)21;1-4(2)3;/h21H,1-7H3;1H3;/q2*-1;. The summed E-state index contributed by atoms with van der Waals surface area (Å²) >= 11 is 2.50. The number of rotatable bonds is 0. The molecule has 1 heterocycles. The van der Waals surface area contributed by atoms with Gasteiger partial charge in [-0.3, -0.25) is 0 Å². The van der Waals surface area contributed by atoms with Crippen molar-refractivity contribution in [2.45, 2.75) is 48.5 Å². The number of benzene rings is 2. The van der Waals surface area contributed by atoms with Gasteiger partial charge >= 0.3 is 161 Å². The van der Waals surface area contributed by atoms with Gasteiger partial charge in [-0.15, -0.1) is 0 Å². The van der Waals surface area contributed by atoms with E-state index in [-0.39, 0.29) is 35.6 Å². The molecule has 26 heavy (non-hydrogen) atoms. The smallest absolute Gasteiger partial charge is 0 e. The van der Waals surface area contributed by atoms with E-state index in [4.69, 9.17) is 13.4 Å².